The lowest BCUT2D eigenvalue weighted by Gasteiger charge is -2.23. The lowest BCUT2D eigenvalue weighted by atomic mass is 10.1. The molecular weight excluding hydrogens is 379 g/mol. The highest BCUT2D eigenvalue weighted by Crippen LogP contribution is 2.25. The SMILES string of the molecule is CC(C)Oc1ccc(C(=O)N(Cc2c(F)cccc2Cl)c2ccccn2)cc1. The molecule has 0 spiro atoms. The van der Waals surface area contributed by atoms with Crippen LogP contribution >= 0.6 is 11.6 Å². The highest BCUT2D eigenvalue weighted by atomic mass is 35.5. The third-order valence-corrected chi connectivity index (χ3v) is 4.38. The average molecular weight is 399 g/mol. The summed E-state index contributed by atoms with van der Waals surface area (Å²) in [7, 11) is 0. The Labute approximate surface area is 168 Å². The van der Waals surface area contributed by atoms with Crippen LogP contribution in [0.25, 0.3) is 0 Å². The second-order valence-electron chi connectivity index (χ2n) is 6.47. The Bertz CT molecular complexity index is 926. The number of hydrogen-bond acceptors (Lipinski definition) is 3. The van der Waals surface area contributed by atoms with E-state index < -0.39 is 5.82 Å². The van der Waals surface area contributed by atoms with Crippen LogP contribution in [0, 0.1) is 5.82 Å². The smallest absolute Gasteiger partial charge is 0.259 e. The van der Waals surface area contributed by atoms with Crippen LogP contribution in [0.2, 0.25) is 5.02 Å². The largest absolute Gasteiger partial charge is 0.491 e. The van der Waals surface area contributed by atoms with Gasteiger partial charge >= 0.3 is 0 Å². The first-order valence-corrected chi connectivity index (χ1v) is 9.26. The third-order valence-electron chi connectivity index (χ3n) is 4.02. The predicted octanol–water partition coefficient (Wildman–Crippen LogP) is 5.51. The van der Waals surface area contributed by atoms with E-state index in [2.05, 4.69) is 4.98 Å². The molecule has 0 bridgehead atoms. The van der Waals surface area contributed by atoms with Gasteiger partial charge in [0.05, 0.1) is 12.6 Å². The first-order chi connectivity index (χ1) is 13.5. The molecule has 6 heteroatoms. The van der Waals surface area contributed by atoms with Crippen LogP contribution in [0.15, 0.2) is 66.9 Å². The molecule has 4 nitrogen and oxygen atoms in total. The van der Waals surface area contributed by atoms with Crippen LogP contribution in [0.5, 0.6) is 5.75 Å². The number of halogens is 2. The number of benzene rings is 2. The number of nitrogens with zero attached hydrogens (tertiary/aromatic N) is 2. The Hall–Kier alpha value is -2.92. The van der Waals surface area contributed by atoms with Crippen LogP contribution in [-0.2, 0) is 6.54 Å². The fraction of sp³-hybridized carbons (Fsp3) is 0.182. The van der Waals surface area contributed by atoms with Crippen LogP contribution in [0.1, 0.15) is 29.8 Å². The van der Waals surface area contributed by atoms with Gasteiger partial charge in [-0.2, -0.15) is 0 Å². The van der Waals surface area contributed by atoms with Crippen molar-refractivity contribution in [3.05, 3.63) is 88.8 Å². The first-order valence-electron chi connectivity index (χ1n) is 8.88. The van der Waals surface area contributed by atoms with Crippen molar-refractivity contribution in [1.82, 2.24) is 4.98 Å². The van der Waals surface area contributed by atoms with Gasteiger partial charge in [-0.25, -0.2) is 9.37 Å². The molecule has 3 rings (SSSR count). The molecule has 1 amide bonds. The number of hydrogen-bond donors (Lipinski definition) is 0. The zero-order valence-corrected chi connectivity index (χ0v) is 16.4. The molecule has 0 fully saturated rings. The van der Waals surface area contributed by atoms with Crippen molar-refractivity contribution in [2.24, 2.45) is 0 Å². The molecule has 0 aliphatic rings. The molecule has 0 atom stereocenters. The molecule has 1 heterocycles. The maximum absolute atomic E-state index is 14.3. The summed E-state index contributed by atoms with van der Waals surface area (Å²) in [5.41, 5.74) is 0.678. The topological polar surface area (TPSA) is 42.4 Å². The molecule has 0 aliphatic carbocycles. The molecule has 3 aromatic rings. The van der Waals surface area contributed by atoms with Crippen molar-refractivity contribution in [2.75, 3.05) is 4.90 Å². The number of aromatic nitrogens is 1. The molecule has 0 saturated carbocycles. The Kier molecular flexibility index (Phi) is 6.26. The molecule has 0 radical (unpaired) electrons. The van der Waals surface area contributed by atoms with E-state index in [0.717, 1.165) is 0 Å². The molecule has 28 heavy (non-hydrogen) atoms. The van der Waals surface area contributed by atoms with Crippen molar-refractivity contribution >= 4 is 23.3 Å². The third kappa shape index (κ3) is 4.67. The second kappa shape index (κ2) is 8.85. The summed E-state index contributed by atoms with van der Waals surface area (Å²) >= 11 is 6.17. The Morgan fingerprint density at radius 2 is 1.86 bits per heavy atom. The zero-order valence-electron chi connectivity index (χ0n) is 15.6. The van der Waals surface area contributed by atoms with Gasteiger partial charge in [-0.3, -0.25) is 9.69 Å². The maximum atomic E-state index is 14.3. The van der Waals surface area contributed by atoms with Crippen molar-refractivity contribution in [3.63, 3.8) is 0 Å². The van der Waals surface area contributed by atoms with E-state index >= 15 is 0 Å². The summed E-state index contributed by atoms with van der Waals surface area (Å²) in [6, 6.07) is 16.5. The summed E-state index contributed by atoms with van der Waals surface area (Å²) in [6.45, 7) is 3.83. The highest BCUT2D eigenvalue weighted by Gasteiger charge is 2.22. The molecule has 1 aromatic heterocycles. The Morgan fingerprint density at radius 3 is 2.46 bits per heavy atom. The maximum Gasteiger partial charge on any atom is 0.259 e. The quantitative estimate of drug-likeness (QED) is 0.550. The minimum absolute atomic E-state index is 0.0361. The van der Waals surface area contributed by atoms with Crippen molar-refractivity contribution < 1.29 is 13.9 Å². The number of pyridine rings is 1. The monoisotopic (exact) mass is 398 g/mol. The summed E-state index contributed by atoms with van der Waals surface area (Å²) < 4.78 is 19.9. The normalized spacial score (nSPS) is 10.8. The van der Waals surface area contributed by atoms with E-state index in [1.165, 1.54) is 17.0 Å². The molecule has 0 unspecified atom stereocenters. The highest BCUT2D eigenvalue weighted by molar-refractivity contribution is 6.31. The van der Waals surface area contributed by atoms with E-state index in [1.807, 2.05) is 13.8 Å². The van der Waals surface area contributed by atoms with E-state index in [9.17, 15) is 9.18 Å². The van der Waals surface area contributed by atoms with Gasteiger partial charge in [0.1, 0.15) is 17.4 Å². The lowest BCUT2D eigenvalue weighted by Crippen LogP contribution is -2.31. The van der Waals surface area contributed by atoms with Gasteiger partial charge in [-0.15, -0.1) is 0 Å². The standard InChI is InChI=1S/C22H20ClFN2O2/c1-15(2)28-17-11-9-16(10-12-17)22(27)26(21-8-3-4-13-25-21)14-18-19(23)6-5-7-20(18)24/h3-13,15H,14H2,1-2H3. The van der Waals surface area contributed by atoms with Gasteiger partial charge in [0, 0.05) is 22.3 Å². The molecule has 0 aliphatic heterocycles. The van der Waals surface area contributed by atoms with Gasteiger partial charge in [0.25, 0.3) is 5.91 Å². The number of ether oxygens (including phenoxy) is 1. The molecular formula is C22H20ClFN2O2. The lowest BCUT2D eigenvalue weighted by molar-refractivity contribution is 0.0984. The summed E-state index contributed by atoms with van der Waals surface area (Å²) in [5.74, 6) is 0.304. The molecule has 0 saturated heterocycles. The van der Waals surface area contributed by atoms with Crippen LogP contribution in [0.3, 0.4) is 0 Å². The number of carbonyl (C=O) groups is 1. The van der Waals surface area contributed by atoms with Crippen LogP contribution in [0.4, 0.5) is 10.2 Å². The van der Waals surface area contributed by atoms with Crippen LogP contribution < -0.4 is 9.64 Å². The van der Waals surface area contributed by atoms with E-state index in [-0.39, 0.29) is 29.1 Å². The van der Waals surface area contributed by atoms with Gasteiger partial charge in [0.2, 0.25) is 0 Å². The number of rotatable bonds is 6. The van der Waals surface area contributed by atoms with Crippen molar-refractivity contribution in [2.45, 2.75) is 26.5 Å². The van der Waals surface area contributed by atoms with Crippen LogP contribution in [-0.4, -0.2) is 17.0 Å². The van der Waals surface area contributed by atoms with E-state index in [1.54, 1.807) is 54.7 Å². The van der Waals surface area contributed by atoms with E-state index in [4.69, 9.17) is 16.3 Å². The van der Waals surface area contributed by atoms with Gasteiger partial charge in [-0.1, -0.05) is 23.7 Å². The van der Waals surface area contributed by atoms with Gasteiger partial charge in [0.15, 0.2) is 0 Å². The summed E-state index contributed by atoms with van der Waals surface area (Å²) in [4.78, 5) is 18.8. The number of amides is 1. The minimum atomic E-state index is -0.470. The molecule has 0 N–H and O–H groups in total. The fourth-order valence-corrected chi connectivity index (χ4v) is 2.94. The summed E-state index contributed by atoms with van der Waals surface area (Å²) in [6.07, 6.45) is 1.62. The van der Waals surface area contributed by atoms with E-state index in [0.29, 0.717) is 17.1 Å². The molecule has 144 valence electrons. The Morgan fingerprint density at radius 1 is 1.11 bits per heavy atom. The second-order valence-corrected chi connectivity index (χ2v) is 6.88. The predicted molar refractivity (Wildman–Crippen MR) is 108 cm³/mol. The average Bonchev–Trinajstić information content (AvgIpc) is 2.68. The number of anilines is 1. The first kappa shape index (κ1) is 19.8. The van der Waals surface area contributed by atoms with Gasteiger partial charge < -0.3 is 4.74 Å². The minimum Gasteiger partial charge on any atom is -0.491 e. The fourth-order valence-electron chi connectivity index (χ4n) is 2.72. The summed E-state index contributed by atoms with van der Waals surface area (Å²) in [5, 5.41) is 0.259. The van der Waals surface area contributed by atoms with Crippen molar-refractivity contribution in [1.29, 1.82) is 0 Å². The van der Waals surface area contributed by atoms with Crippen molar-refractivity contribution in [3.8, 4) is 5.75 Å². The Balaban J connectivity index is 1.94. The number of carbonyl (C=O) groups excluding carboxylic acids is 1. The zero-order chi connectivity index (χ0) is 20.1. The van der Waals surface area contributed by atoms with Gasteiger partial charge in [-0.05, 0) is 62.4 Å². The molecule has 2 aromatic carbocycles.